The zero-order valence-electron chi connectivity index (χ0n) is 13.0. The zero-order valence-corrected chi connectivity index (χ0v) is 13.0. The third-order valence-corrected chi connectivity index (χ3v) is 5.88. The van der Waals surface area contributed by atoms with Gasteiger partial charge in [0.05, 0.1) is 0 Å². The van der Waals surface area contributed by atoms with Crippen molar-refractivity contribution in [2.75, 3.05) is 13.6 Å². The lowest BCUT2D eigenvalue weighted by atomic mass is 9.83. The number of hydrogen-bond donors (Lipinski definition) is 3. The molecular weight excluding hydrogens is 278 g/mol. The Morgan fingerprint density at radius 1 is 1.36 bits per heavy atom. The number of carbonyl (C=O) groups is 1. The van der Waals surface area contributed by atoms with E-state index in [1.54, 1.807) is 0 Å². The van der Waals surface area contributed by atoms with Crippen LogP contribution >= 0.6 is 0 Å². The van der Waals surface area contributed by atoms with E-state index in [2.05, 4.69) is 40.8 Å². The van der Waals surface area contributed by atoms with Gasteiger partial charge in [-0.15, -0.1) is 0 Å². The molecule has 1 saturated heterocycles. The number of rotatable bonds is 4. The summed E-state index contributed by atoms with van der Waals surface area (Å²) in [7, 11) is 2.26. The van der Waals surface area contributed by atoms with Crippen molar-refractivity contribution in [1.29, 1.82) is 0 Å². The SMILES string of the molecule is CN1C2C=CC(CNC(=O)O)=CC2C2CCC(NC3CC3)C21. The highest BCUT2D eigenvalue weighted by molar-refractivity contribution is 5.65. The Kier molecular flexibility index (Phi) is 3.50. The first-order valence-corrected chi connectivity index (χ1v) is 8.47. The molecule has 3 N–H and O–H groups in total. The maximum atomic E-state index is 10.7. The number of likely N-dealkylation sites (tertiary alicyclic amines) is 1. The molecule has 3 aliphatic carbocycles. The van der Waals surface area contributed by atoms with Gasteiger partial charge >= 0.3 is 6.09 Å². The van der Waals surface area contributed by atoms with E-state index in [4.69, 9.17) is 5.11 Å². The van der Waals surface area contributed by atoms with Gasteiger partial charge in [0, 0.05) is 36.6 Å². The van der Waals surface area contributed by atoms with Gasteiger partial charge in [-0.25, -0.2) is 4.79 Å². The van der Waals surface area contributed by atoms with Crippen molar-refractivity contribution in [3.05, 3.63) is 23.8 Å². The van der Waals surface area contributed by atoms with Gasteiger partial charge in [0.1, 0.15) is 0 Å². The van der Waals surface area contributed by atoms with Crippen LogP contribution in [0.2, 0.25) is 0 Å². The number of nitrogens with one attached hydrogen (secondary N) is 2. The van der Waals surface area contributed by atoms with Crippen molar-refractivity contribution in [2.24, 2.45) is 11.8 Å². The summed E-state index contributed by atoms with van der Waals surface area (Å²) in [4.78, 5) is 13.2. The third kappa shape index (κ3) is 2.46. The van der Waals surface area contributed by atoms with Crippen LogP contribution in [0.15, 0.2) is 23.8 Å². The average molecular weight is 303 g/mol. The first-order chi connectivity index (χ1) is 10.6. The van der Waals surface area contributed by atoms with Crippen LogP contribution in [-0.2, 0) is 0 Å². The van der Waals surface area contributed by atoms with Crippen LogP contribution in [0.1, 0.15) is 25.7 Å². The topological polar surface area (TPSA) is 64.6 Å². The minimum atomic E-state index is -0.951. The van der Waals surface area contributed by atoms with Crippen LogP contribution in [-0.4, -0.2) is 53.9 Å². The van der Waals surface area contributed by atoms with Gasteiger partial charge < -0.3 is 15.7 Å². The van der Waals surface area contributed by atoms with Crippen LogP contribution in [0, 0.1) is 11.8 Å². The largest absolute Gasteiger partial charge is 0.465 e. The molecule has 22 heavy (non-hydrogen) atoms. The molecule has 0 aromatic heterocycles. The molecule has 5 nitrogen and oxygen atoms in total. The summed E-state index contributed by atoms with van der Waals surface area (Å²) in [6.45, 7) is 0.417. The predicted octanol–water partition coefficient (Wildman–Crippen LogP) is 1.58. The van der Waals surface area contributed by atoms with E-state index in [0.29, 0.717) is 36.5 Å². The van der Waals surface area contributed by atoms with E-state index in [1.165, 1.54) is 25.7 Å². The summed E-state index contributed by atoms with van der Waals surface area (Å²) in [5.74, 6) is 1.24. The molecule has 0 aromatic carbocycles. The van der Waals surface area contributed by atoms with Crippen molar-refractivity contribution in [1.82, 2.24) is 15.5 Å². The molecule has 4 rings (SSSR count). The van der Waals surface area contributed by atoms with Crippen molar-refractivity contribution in [2.45, 2.75) is 49.9 Å². The van der Waals surface area contributed by atoms with Gasteiger partial charge in [0.25, 0.3) is 0 Å². The number of amides is 1. The molecule has 5 atom stereocenters. The van der Waals surface area contributed by atoms with Gasteiger partial charge in [-0.3, -0.25) is 4.90 Å². The molecule has 0 radical (unpaired) electrons. The monoisotopic (exact) mass is 303 g/mol. The lowest BCUT2D eigenvalue weighted by Gasteiger charge is -2.30. The van der Waals surface area contributed by atoms with Crippen LogP contribution in [0.4, 0.5) is 4.79 Å². The Bertz CT molecular complexity index is 526. The van der Waals surface area contributed by atoms with E-state index < -0.39 is 6.09 Å². The number of hydrogen-bond acceptors (Lipinski definition) is 3. The molecule has 120 valence electrons. The van der Waals surface area contributed by atoms with Gasteiger partial charge in [-0.2, -0.15) is 0 Å². The van der Waals surface area contributed by atoms with E-state index in [1.807, 2.05) is 0 Å². The molecule has 5 heteroatoms. The molecule has 1 aliphatic heterocycles. The molecule has 2 saturated carbocycles. The molecule has 4 aliphatic rings. The maximum absolute atomic E-state index is 10.7. The van der Waals surface area contributed by atoms with Crippen molar-refractivity contribution in [3.8, 4) is 0 Å². The normalized spacial score (nSPS) is 40.2. The number of fused-ring (bicyclic) bond motifs is 3. The van der Waals surface area contributed by atoms with Crippen molar-refractivity contribution >= 4 is 6.09 Å². The van der Waals surface area contributed by atoms with E-state index in [0.717, 1.165) is 11.6 Å². The van der Waals surface area contributed by atoms with Crippen LogP contribution in [0.25, 0.3) is 0 Å². The second-order valence-corrected chi connectivity index (χ2v) is 7.27. The lowest BCUT2D eigenvalue weighted by Crippen LogP contribution is -2.46. The molecule has 5 unspecified atom stereocenters. The second kappa shape index (κ2) is 5.39. The number of nitrogens with zero attached hydrogens (tertiary/aromatic N) is 1. The van der Waals surface area contributed by atoms with Crippen LogP contribution < -0.4 is 10.6 Å². The molecule has 1 heterocycles. The first kappa shape index (κ1) is 14.3. The standard InChI is InChI=1S/C17H25N3O2/c1-20-15-7-2-10(9-18-17(21)22)8-13(15)12-5-6-14(16(12)20)19-11-3-4-11/h2,7-8,11-16,18-19H,3-6,9H2,1H3,(H,21,22). The highest BCUT2D eigenvalue weighted by Crippen LogP contribution is 2.47. The van der Waals surface area contributed by atoms with Gasteiger partial charge in [0.2, 0.25) is 0 Å². The molecule has 0 bridgehead atoms. The minimum Gasteiger partial charge on any atom is -0.465 e. The summed E-state index contributed by atoms with van der Waals surface area (Å²) < 4.78 is 0. The second-order valence-electron chi connectivity index (χ2n) is 7.27. The highest BCUT2D eigenvalue weighted by Gasteiger charge is 2.52. The summed E-state index contributed by atoms with van der Waals surface area (Å²) in [6, 6.07) is 2.51. The number of carboxylic acid groups (broad SMARTS) is 1. The van der Waals surface area contributed by atoms with Crippen molar-refractivity contribution in [3.63, 3.8) is 0 Å². The summed E-state index contributed by atoms with van der Waals surface area (Å²) in [5.41, 5.74) is 1.11. The summed E-state index contributed by atoms with van der Waals surface area (Å²) in [5, 5.41) is 15.1. The van der Waals surface area contributed by atoms with E-state index in [-0.39, 0.29) is 0 Å². The minimum absolute atomic E-state index is 0.417. The fourth-order valence-corrected chi connectivity index (χ4v) is 4.78. The Hall–Kier alpha value is -1.33. The smallest absolute Gasteiger partial charge is 0.404 e. The Morgan fingerprint density at radius 3 is 2.91 bits per heavy atom. The van der Waals surface area contributed by atoms with Crippen LogP contribution in [0.3, 0.4) is 0 Å². The van der Waals surface area contributed by atoms with Crippen molar-refractivity contribution < 1.29 is 9.90 Å². The first-order valence-electron chi connectivity index (χ1n) is 8.47. The quantitative estimate of drug-likeness (QED) is 0.738. The van der Waals surface area contributed by atoms with E-state index >= 15 is 0 Å². The fraction of sp³-hybridized carbons (Fsp3) is 0.706. The van der Waals surface area contributed by atoms with Crippen LogP contribution in [0.5, 0.6) is 0 Å². The summed E-state index contributed by atoms with van der Waals surface area (Å²) >= 11 is 0. The summed E-state index contributed by atoms with van der Waals surface area (Å²) in [6.07, 6.45) is 11.0. The fourth-order valence-electron chi connectivity index (χ4n) is 4.78. The molecule has 0 aromatic rings. The average Bonchev–Trinajstić information content (AvgIpc) is 3.14. The van der Waals surface area contributed by atoms with Gasteiger partial charge in [-0.1, -0.05) is 18.2 Å². The zero-order chi connectivity index (χ0) is 15.3. The third-order valence-electron chi connectivity index (χ3n) is 5.88. The molecular formula is C17H25N3O2. The molecule has 0 spiro atoms. The Balaban J connectivity index is 1.49. The predicted molar refractivity (Wildman–Crippen MR) is 84.7 cm³/mol. The number of likely N-dealkylation sites (N-methyl/N-ethyl adjacent to an activating group) is 1. The molecule has 1 amide bonds. The van der Waals surface area contributed by atoms with Gasteiger partial charge in [0.15, 0.2) is 0 Å². The highest BCUT2D eigenvalue weighted by atomic mass is 16.4. The Labute approximate surface area is 131 Å². The lowest BCUT2D eigenvalue weighted by molar-refractivity contribution is 0.195. The maximum Gasteiger partial charge on any atom is 0.404 e. The van der Waals surface area contributed by atoms with E-state index in [9.17, 15) is 4.79 Å². The Morgan fingerprint density at radius 2 is 2.18 bits per heavy atom. The van der Waals surface area contributed by atoms with Gasteiger partial charge in [-0.05, 0) is 44.2 Å². The molecule has 3 fully saturated rings.